The molecule has 0 saturated carbocycles. The highest BCUT2D eigenvalue weighted by Gasteiger charge is 2.14. The topological polar surface area (TPSA) is 81.7 Å². The van der Waals surface area contributed by atoms with Gasteiger partial charge in [0.25, 0.3) is 0 Å². The fourth-order valence-corrected chi connectivity index (χ4v) is 2.20. The second kappa shape index (κ2) is 5.26. The van der Waals surface area contributed by atoms with Crippen LogP contribution in [0, 0.1) is 0 Å². The van der Waals surface area contributed by atoms with Crippen molar-refractivity contribution in [3.05, 3.63) is 23.9 Å². The van der Waals surface area contributed by atoms with Crippen LogP contribution in [0.25, 0.3) is 0 Å². The summed E-state index contributed by atoms with van der Waals surface area (Å²) in [5.74, 6) is 2.87. The molecule has 0 amide bonds. The van der Waals surface area contributed by atoms with E-state index in [1.807, 2.05) is 0 Å². The predicted octanol–water partition coefficient (Wildman–Crippen LogP) is 0.330. The lowest BCUT2D eigenvalue weighted by Gasteiger charge is -2.14. The summed E-state index contributed by atoms with van der Waals surface area (Å²) in [4.78, 5) is 3.97. The largest absolute Gasteiger partial charge is 0.343 e. The zero-order valence-corrected chi connectivity index (χ0v) is 10.2. The van der Waals surface area contributed by atoms with Crippen LogP contribution in [0.15, 0.2) is 10.9 Å². The Labute approximate surface area is 105 Å². The van der Waals surface area contributed by atoms with Crippen molar-refractivity contribution in [2.75, 3.05) is 6.54 Å². The molecular weight excluding hydrogens is 232 g/mol. The van der Waals surface area contributed by atoms with Gasteiger partial charge in [-0.2, -0.15) is 4.98 Å². The van der Waals surface area contributed by atoms with Gasteiger partial charge in [0.1, 0.15) is 11.6 Å². The van der Waals surface area contributed by atoms with Crippen molar-refractivity contribution in [1.82, 2.24) is 30.2 Å². The average Bonchev–Trinajstić information content (AvgIpc) is 3.04. The molecule has 0 spiro atoms. The minimum atomic E-state index is 0.728. The first-order valence-corrected chi connectivity index (χ1v) is 6.30. The van der Waals surface area contributed by atoms with Crippen LogP contribution in [0.5, 0.6) is 0 Å². The predicted molar refractivity (Wildman–Crippen MR) is 62.7 cm³/mol. The number of fused-ring (bicyclic) bond motifs is 1. The fraction of sp³-hybridized carbons (Fsp3) is 0.636. The molecular formula is C11H16N6O. The molecule has 0 fully saturated rings. The van der Waals surface area contributed by atoms with Gasteiger partial charge in [0.05, 0.1) is 6.54 Å². The summed E-state index contributed by atoms with van der Waals surface area (Å²) in [5, 5.41) is 15.5. The van der Waals surface area contributed by atoms with Gasteiger partial charge in [-0.25, -0.2) is 0 Å². The Hall–Kier alpha value is -1.76. The van der Waals surface area contributed by atoms with Gasteiger partial charge < -0.3 is 14.4 Å². The summed E-state index contributed by atoms with van der Waals surface area (Å²) in [7, 11) is 0. The van der Waals surface area contributed by atoms with Gasteiger partial charge in [-0.1, -0.05) is 5.16 Å². The summed E-state index contributed by atoms with van der Waals surface area (Å²) in [5.41, 5.74) is 0. The number of hydrogen-bond donors (Lipinski definition) is 1. The number of nitrogens with zero attached hydrogens (tertiary/aromatic N) is 5. The lowest BCUT2D eigenvalue weighted by Crippen LogP contribution is -2.21. The van der Waals surface area contributed by atoms with Gasteiger partial charge in [-0.15, -0.1) is 10.2 Å². The Morgan fingerprint density at radius 3 is 3.22 bits per heavy atom. The van der Waals surface area contributed by atoms with Crippen molar-refractivity contribution in [2.45, 2.75) is 38.8 Å². The minimum absolute atomic E-state index is 0.728. The van der Waals surface area contributed by atoms with Crippen molar-refractivity contribution >= 4 is 0 Å². The Balaban J connectivity index is 1.49. The fourth-order valence-electron chi connectivity index (χ4n) is 2.20. The average molecular weight is 248 g/mol. The van der Waals surface area contributed by atoms with E-state index in [0.717, 1.165) is 49.9 Å². The number of hydrogen-bond acceptors (Lipinski definition) is 6. The Bertz CT molecular complexity index is 492. The van der Waals surface area contributed by atoms with E-state index < -0.39 is 0 Å². The molecule has 2 aromatic heterocycles. The molecule has 3 heterocycles. The third-order valence-corrected chi connectivity index (χ3v) is 3.15. The Morgan fingerprint density at radius 2 is 2.33 bits per heavy atom. The van der Waals surface area contributed by atoms with Crippen LogP contribution in [0.2, 0.25) is 0 Å². The standard InChI is InChI=1S/C11H16N6O/c1-2-6-17-10(3-1)14-15-11(17)7-12-5-4-9-13-8-18-16-9/h8,12H,1-7H2. The molecule has 0 radical (unpaired) electrons. The summed E-state index contributed by atoms with van der Waals surface area (Å²) in [6.45, 7) is 2.59. The smallest absolute Gasteiger partial charge is 0.213 e. The second-order valence-corrected chi connectivity index (χ2v) is 4.42. The molecule has 0 aliphatic carbocycles. The van der Waals surface area contributed by atoms with Crippen molar-refractivity contribution in [2.24, 2.45) is 0 Å². The van der Waals surface area contributed by atoms with E-state index >= 15 is 0 Å². The Kier molecular flexibility index (Phi) is 3.31. The second-order valence-electron chi connectivity index (χ2n) is 4.42. The van der Waals surface area contributed by atoms with Gasteiger partial charge in [-0.3, -0.25) is 0 Å². The van der Waals surface area contributed by atoms with E-state index in [1.165, 1.54) is 19.2 Å². The molecule has 1 N–H and O–H groups in total. The number of rotatable bonds is 5. The molecule has 0 aromatic carbocycles. The first kappa shape index (κ1) is 11.3. The van der Waals surface area contributed by atoms with E-state index in [9.17, 15) is 0 Å². The van der Waals surface area contributed by atoms with Crippen LogP contribution in [-0.4, -0.2) is 31.4 Å². The first-order chi connectivity index (χ1) is 8.93. The van der Waals surface area contributed by atoms with Crippen LogP contribution >= 0.6 is 0 Å². The minimum Gasteiger partial charge on any atom is -0.343 e. The zero-order valence-electron chi connectivity index (χ0n) is 10.2. The molecule has 7 nitrogen and oxygen atoms in total. The molecule has 1 aliphatic heterocycles. The summed E-state index contributed by atoms with van der Waals surface area (Å²) >= 11 is 0. The normalized spacial score (nSPS) is 14.7. The van der Waals surface area contributed by atoms with Gasteiger partial charge in [0.2, 0.25) is 6.39 Å². The van der Waals surface area contributed by atoms with E-state index in [-0.39, 0.29) is 0 Å². The van der Waals surface area contributed by atoms with Crippen molar-refractivity contribution in [1.29, 1.82) is 0 Å². The van der Waals surface area contributed by atoms with E-state index in [1.54, 1.807) is 0 Å². The van der Waals surface area contributed by atoms with Crippen molar-refractivity contribution < 1.29 is 4.52 Å². The number of nitrogens with one attached hydrogen (secondary N) is 1. The Morgan fingerprint density at radius 1 is 1.33 bits per heavy atom. The molecule has 18 heavy (non-hydrogen) atoms. The lowest BCUT2D eigenvalue weighted by atomic mass is 10.2. The van der Waals surface area contributed by atoms with Crippen LogP contribution in [0.4, 0.5) is 0 Å². The molecule has 1 aliphatic rings. The molecule has 0 unspecified atom stereocenters. The highest BCUT2D eigenvalue weighted by atomic mass is 16.5. The van der Waals surface area contributed by atoms with Crippen LogP contribution in [0.1, 0.15) is 30.3 Å². The van der Waals surface area contributed by atoms with Crippen molar-refractivity contribution in [3.8, 4) is 0 Å². The molecule has 96 valence electrons. The third-order valence-electron chi connectivity index (χ3n) is 3.15. The summed E-state index contributed by atoms with van der Waals surface area (Å²) in [6, 6.07) is 0. The highest BCUT2D eigenvalue weighted by molar-refractivity contribution is 4.98. The number of aryl methyl sites for hydroxylation is 1. The summed E-state index contributed by atoms with van der Waals surface area (Å²) in [6.07, 6.45) is 5.61. The highest BCUT2D eigenvalue weighted by Crippen LogP contribution is 2.13. The SMILES string of the molecule is c1nc(CCNCc2nnc3n2CCCC3)no1. The first-order valence-electron chi connectivity index (χ1n) is 6.30. The van der Waals surface area contributed by atoms with E-state index in [0.29, 0.717) is 0 Å². The maximum absolute atomic E-state index is 4.68. The number of aromatic nitrogens is 5. The van der Waals surface area contributed by atoms with Crippen molar-refractivity contribution in [3.63, 3.8) is 0 Å². The van der Waals surface area contributed by atoms with Crippen LogP contribution in [0.3, 0.4) is 0 Å². The molecule has 0 bridgehead atoms. The van der Waals surface area contributed by atoms with E-state index in [4.69, 9.17) is 0 Å². The third kappa shape index (κ3) is 2.40. The monoisotopic (exact) mass is 248 g/mol. The van der Waals surface area contributed by atoms with Gasteiger partial charge >= 0.3 is 0 Å². The molecule has 2 aromatic rings. The van der Waals surface area contributed by atoms with Gasteiger partial charge in [-0.05, 0) is 12.8 Å². The quantitative estimate of drug-likeness (QED) is 0.768. The molecule has 0 atom stereocenters. The van der Waals surface area contributed by atoms with E-state index in [2.05, 4.69) is 34.7 Å². The maximum atomic E-state index is 4.68. The molecule has 3 rings (SSSR count). The maximum Gasteiger partial charge on any atom is 0.213 e. The molecule has 0 saturated heterocycles. The lowest BCUT2D eigenvalue weighted by molar-refractivity contribution is 0.409. The van der Waals surface area contributed by atoms with Gasteiger partial charge in [0, 0.05) is 25.9 Å². The molecule has 7 heteroatoms. The van der Waals surface area contributed by atoms with Crippen LogP contribution in [-0.2, 0) is 25.9 Å². The summed E-state index contributed by atoms with van der Waals surface area (Å²) < 4.78 is 6.90. The zero-order chi connectivity index (χ0) is 12.2. The van der Waals surface area contributed by atoms with Crippen LogP contribution < -0.4 is 5.32 Å². The van der Waals surface area contributed by atoms with Gasteiger partial charge in [0.15, 0.2) is 5.82 Å².